The number of nitrogens with zero attached hydrogens (tertiary/aromatic N) is 1. The molecule has 1 aliphatic rings. The fraction of sp³-hybridized carbons (Fsp3) is 0.391. The number of hydrogen-bond donors (Lipinski definition) is 2. The predicted octanol–water partition coefficient (Wildman–Crippen LogP) is 1.49. The molecule has 32 heavy (non-hydrogen) atoms. The van der Waals surface area contributed by atoms with E-state index in [1.807, 2.05) is 11.0 Å². The van der Waals surface area contributed by atoms with E-state index in [9.17, 15) is 9.59 Å². The molecule has 0 radical (unpaired) electrons. The Labute approximate surface area is 187 Å². The van der Waals surface area contributed by atoms with Crippen LogP contribution in [-0.4, -0.2) is 76.7 Å². The van der Waals surface area contributed by atoms with Gasteiger partial charge in [0.25, 0.3) is 11.8 Å². The highest BCUT2D eigenvalue weighted by Gasteiger charge is 2.32. The van der Waals surface area contributed by atoms with Gasteiger partial charge < -0.3 is 29.6 Å². The summed E-state index contributed by atoms with van der Waals surface area (Å²) < 4.78 is 21.6. The van der Waals surface area contributed by atoms with Gasteiger partial charge in [-0.3, -0.25) is 14.5 Å². The van der Waals surface area contributed by atoms with Crippen molar-refractivity contribution in [1.82, 2.24) is 15.5 Å². The van der Waals surface area contributed by atoms with Crippen LogP contribution in [-0.2, 0) is 9.47 Å². The van der Waals surface area contributed by atoms with Gasteiger partial charge in [0.1, 0.15) is 17.7 Å². The van der Waals surface area contributed by atoms with Crippen molar-refractivity contribution in [1.29, 1.82) is 0 Å². The fourth-order valence-corrected chi connectivity index (χ4v) is 3.48. The smallest absolute Gasteiger partial charge is 0.256 e. The van der Waals surface area contributed by atoms with E-state index in [2.05, 4.69) is 10.6 Å². The summed E-state index contributed by atoms with van der Waals surface area (Å²) in [4.78, 5) is 28.0. The normalized spacial score (nSPS) is 16.0. The van der Waals surface area contributed by atoms with Crippen molar-refractivity contribution >= 4 is 11.8 Å². The number of hydrogen-bond acceptors (Lipinski definition) is 7. The third kappa shape index (κ3) is 5.76. The number of benzene rings is 2. The summed E-state index contributed by atoms with van der Waals surface area (Å²) in [7, 11) is 4.52. The minimum absolute atomic E-state index is 0.299. The molecule has 2 N–H and O–H groups in total. The molecule has 0 saturated carbocycles. The van der Waals surface area contributed by atoms with Crippen LogP contribution in [0.5, 0.6) is 11.5 Å². The summed E-state index contributed by atoms with van der Waals surface area (Å²) in [5.74, 6) is 0.293. The van der Waals surface area contributed by atoms with E-state index in [0.29, 0.717) is 48.9 Å². The molecule has 1 saturated heterocycles. The molecule has 2 aromatic carbocycles. The second-order valence-corrected chi connectivity index (χ2v) is 7.13. The van der Waals surface area contributed by atoms with Crippen LogP contribution in [0.3, 0.4) is 0 Å². The molecule has 0 bridgehead atoms. The highest BCUT2D eigenvalue weighted by molar-refractivity contribution is 5.97. The van der Waals surface area contributed by atoms with Gasteiger partial charge in [-0.15, -0.1) is 0 Å². The molecule has 1 heterocycles. The Morgan fingerprint density at radius 2 is 1.66 bits per heavy atom. The zero-order valence-corrected chi connectivity index (χ0v) is 18.5. The molecule has 3 rings (SSSR count). The number of carbonyl (C=O) groups is 2. The van der Waals surface area contributed by atoms with Gasteiger partial charge in [0.05, 0.1) is 33.0 Å². The maximum Gasteiger partial charge on any atom is 0.256 e. The van der Waals surface area contributed by atoms with Gasteiger partial charge >= 0.3 is 0 Å². The summed E-state index contributed by atoms with van der Waals surface area (Å²) in [6.45, 7) is 2.18. The van der Waals surface area contributed by atoms with E-state index >= 15 is 0 Å². The van der Waals surface area contributed by atoms with Gasteiger partial charge in [-0.2, -0.15) is 0 Å². The number of morpholine rings is 1. The highest BCUT2D eigenvalue weighted by Crippen LogP contribution is 2.25. The van der Waals surface area contributed by atoms with Crippen LogP contribution in [0.25, 0.3) is 0 Å². The number of ether oxygens (including phenoxy) is 4. The van der Waals surface area contributed by atoms with Gasteiger partial charge in [0.15, 0.2) is 6.23 Å². The second-order valence-electron chi connectivity index (χ2n) is 7.13. The Hall–Kier alpha value is -3.14. The monoisotopic (exact) mass is 443 g/mol. The van der Waals surface area contributed by atoms with Crippen molar-refractivity contribution in [2.45, 2.75) is 12.4 Å². The minimum atomic E-state index is -0.797. The van der Waals surface area contributed by atoms with E-state index < -0.39 is 12.4 Å². The van der Waals surface area contributed by atoms with Gasteiger partial charge in [-0.05, 0) is 24.3 Å². The molecule has 2 atom stereocenters. The Morgan fingerprint density at radius 1 is 0.938 bits per heavy atom. The molecule has 172 valence electrons. The van der Waals surface area contributed by atoms with Crippen LogP contribution in [0.1, 0.15) is 20.7 Å². The van der Waals surface area contributed by atoms with Gasteiger partial charge in [0, 0.05) is 31.8 Å². The molecule has 9 nitrogen and oxygen atoms in total. The number of carbonyl (C=O) groups excluding carboxylic acids is 2. The van der Waals surface area contributed by atoms with Crippen molar-refractivity contribution in [3.63, 3.8) is 0 Å². The summed E-state index contributed by atoms with van der Waals surface area (Å²) in [6.07, 6.45) is -1.43. The zero-order valence-electron chi connectivity index (χ0n) is 18.5. The largest absolute Gasteiger partial charge is 0.497 e. The van der Waals surface area contributed by atoms with Gasteiger partial charge in [-0.25, -0.2) is 0 Å². The Balaban J connectivity index is 1.83. The number of nitrogens with one attached hydrogen (secondary N) is 2. The quantitative estimate of drug-likeness (QED) is 0.567. The summed E-state index contributed by atoms with van der Waals surface area (Å²) in [5.41, 5.74) is 0.842. The first-order valence-corrected chi connectivity index (χ1v) is 10.3. The van der Waals surface area contributed by atoms with E-state index in [1.54, 1.807) is 49.6 Å². The molecule has 0 aliphatic carbocycles. The number of methoxy groups -OCH3 is 3. The first-order valence-electron chi connectivity index (χ1n) is 10.3. The molecule has 9 heteroatoms. The number of rotatable bonds is 9. The van der Waals surface area contributed by atoms with E-state index in [0.717, 1.165) is 0 Å². The van der Waals surface area contributed by atoms with Crippen molar-refractivity contribution in [2.75, 3.05) is 47.6 Å². The van der Waals surface area contributed by atoms with Crippen LogP contribution in [0, 0.1) is 0 Å². The van der Waals surface area contributed by atoms with Crippen molar-refractivity contribution in [2.24, 2.45) is 0 Å². The van der Waals surface area contributed by atoms with Crippen molar-refractivity contribution < 1.29 is 28.5 Å². The van der Waals surface area contributed by atoms with Crippen molar-refractivity contribution in [3.8, 4) is 11.5 Å². The third-order valence-corrected chi connectivity index (χ3v) is 5.22. The summed E-state index contributed by atoms with van der Waals surface area (Å²) in [5, 5.41) is 5.87. The van der Waals surface area contributed by atoms with Crippen LogP contribution >= 0.6 is 0 Å². The number of amides is 2. The van der Waals surface area contributed by atoms with Crippen molar-refractivity contribution in [3.05, 3.63) is 59.7 Å². The lowest BCUT2D eigenvalue weighted by Crippen LogP contribution is -2.62. The van der Waals surface area contributed by atoms with Crippen LogP contribution in [0.15, 0.2) is 48.5 Å². The van der Waals surface area contributed by atoms with Crippen LogP contribution < -0.4 is 20.1 Å². The lowest BCUT2D eigenvalue weighted by molar-refractivity contribution is -0.0525. The summed E-state index contributed by atoms with van der Waals surface area (Å²) in [6, 6.07) is 13.8. The predicted molar refractivity (Wildman–Crippen MR) is 118 cm³/mol. The Bertz CT molecular complexity index is 902. The van der Waals surface area contributed by atoms with E-state index in [4.69, 9.17) is 18.9 Å². The van der Waals surface area contributed by atoms with Crippen LogP contribution in [0.2, 0.25) is 0 Å². The molecule has 1 fully saturated rings. The van der Waals surface area contributed by atoms with E-state index in [1.165, 1.54) is 14.2 Å². The Kier molecular flexibility index (Phi) is 8.43. The lowest BCUT2D eigenvalue weighted by atomic mass is 10.1. The standard InChI is InChI=1S/C23H29N3O6/c1-29-17-9-10-18(19(15-17)30-2)22(28)24-20(26-11-13-32-14-12-26)23(31-3)25-21(27)16-7-5-4-6-8-16/h4-10,15,20,23H,11-14H2,1-3H3,(H,24,28)(H,25,27). The zero-order chi connectivity index (χ0) is 22.9. The maximum atomic E-state index is 13.2. The Morgan fingerprint density at radius 3 is 2.28 bits per heavy atom. The third-order valence-electron chi connectivity index (χ3n) is 5.22. The topological polar surface area (TPSA) is 98.4 Å². The second kappa shape index (κ2) is 11.5. The molecule has 2 unspecified atom stereocenters. The molecule has 2 aromatic rings. The molecule has 1 aliphatic heterocycles. The SMILES string of the molecule is COc1ccc(C(=O)NC(C(NC(=O)c2ccccc2)OC)N2CCOCC2)c(OC)c1. The average Bonchev–Trinajstić information content (AvgIpc) is 2.86. The first-order chi connectivity index (χ1) is 15.6. The minimum Gasteiger partial charge on any atom is -0.497 e. The molecular weight excluding hydrogens is 414 g/mol. The molecule has 0 aromatic heterocycles. The highest BCUT2D eigenvalue weighted by atomic mass is 16.5. The fourth-order valence-electron chi connectivity index (χ4n) is 3.48. The van der Waals surface area contributed by atoms with Gasteiger partial charge in [-0.1, -0.05) is 18.2 Å². The van der Waals surface area contributed by atoms with Crippen LogP contribution in [0.4, 0.5) is 0 Å². The average molecular weight is 444 g/mol. The molecular formula is C23H29N3O6. The first kappa shape index (κ1) is 23.5. The van der Waals surface area contributed by atoms with Gasteiger partial charge in [0.2, 0.25) is 0 Å². The van der Waals surface area contributed by atoms with E-state index in [-0.39, 0.29) is 11.8 Å². The maximum absolute atomic E-state index is 13.2. The molecule has 0 spiro atoms. The summed E-state index contributed by atoms with van der Waals surface area (Å²) >= 11 is 0. The molecule has 2 amide bonds. The lowest BCUT2D eigenvalue weighted by Gasteiger charge is -2.38.